The van der Waals surface area contributed by atoms with Gasteiger partial charge in [0.05, 0.1) is 13.7 Å². The molecule has 0 spiro atoms. The van der Waals surface area contributed by atoms with Gasteiger partial charge in [-0.15, -0.1) is 24.0 Å². The molecule has 0 bridgehead atoms. The number of nitrogens with one attached hydrogen (secondary N) is 2. The predicted octanol–water partition coefficient (Wildman–Crippen LogP) is 3.49. The zero-order chi connectivity index (χ0) is 17.9. The molecule has 1 saturated heterocycles. The van der Waals surface area contributed by atoms with Crippen molar-refractivity contribution in [3.8, 4) is 5.75 Å². The Bertz CT molecular complexity index is 530. The van der Waals surface area contributed by atoms with Crippen molar-refractivity contribution in [1.82, 2.24) is 15.5 Å². The lowest BCUT2D eigenvalue weighted by Gasteiger charge is -2.32. The third-order valence-corrected chi connectivity index (χ3v) is 4.70. The number of aliphatic imine (C=N–C) groups is 1. The Hall–Kier alpha value is -1.02. The first-order valence-electron chi connectivity index (χ1n) is 9.62. The van der Waals surface area contributed by atoms with Crippen molar-refractivity contribution < 1.29 is 4.74 Å². The number of guanidine groups is 1. The van der Waals surface area contributed by atoms with Crippen LogP contribution in [0.5, 0.6) is 5.75 Å². The van der Waals surface area contributed by atoms with Crippen LogP contribution in [0.3, 0.4) is 0 Å². The molecule has 5 nitrogen and oxygen atoms in total. The largest absolute Gasteiger partial charge is 0.497 e. The van der Waals surface area contributed by atoms with Gasteiger partial charge in [-0.05, 0) is 69.4 Å². The number of nitrogens with zero attached hydrogens (tertiary/aromatic N) is 2. The Kier molecular flexibility index (Phi) is 11.7. The van der Waals surface area contributed by atoms with Gasteiger partial charge in [0.2, 0.25) is 0 Å². The second-order valence-electron chi connectivity index (χ2n) is 6.71. The number of rotatable bonds is 8. The topological polar surface area (TPSA) is 48.9 Å². The third kappa shape index (κ3) is 8.12. The summed E-state index contributed by atoms with van der Waals surface area (Å²) in [6.07, 6.45) is 3.81. The van der Waals surface area contributed by atoms with Crippen LogP contribution in [0.4, 0.5) is 0 Å². The van der Waals surface area contributed by atoms with E-state index in [1.54, 1.807) is 7.11 Å². The minimum absolute atomic E-state index is 0. The summed E-state index contributed by atoms with van der Waals surface area (Å²) in [4.78, 5) is 7.30. The first kappa shape index (κ1) is 23.0. The van der Waals surface area contributed by atoms with Crippen molar-refractivity contribution in [2.75, 3.05) is 39.8 Å². The van der Waals surface area contributed by atoms with Crippen molar-refractivity contribution in [3.63, 3.8) is 0 Å². The Labute approximate surface area is 176 Å². The fourth-order valence-electron chi connectivity index (χ4n) is 3.25. The Morgan fingerprint density at radius 1 is 1.23 bits per heavy atom. The van der Waals surface area contributed by atoms with Gasteiger partial charge >= 0.3 is 0 Å². The summed E-state index contributed by atoms with van der Waals surface area (Å²) >= 11 is 0. The fraction of sp³-hybridized carbons (Fsp3) is 0.650. The fourth-order valence-corrected chi connectivity index (χ4v) is 3.25. The summed E-state index contributed by atoms with van der Waals surface area (Å²) in [6.45, 7) is 10.6. The molecule has 0 unspecified atom stereocenters. The molecule has 1 aliphatic heterocycles. The van der Waals surface area contributed by atoms with E-state index in [-0.39, 0.29) is 24.0 Å². The molecule has 1 aliphatic rings. The van der Waals surface area contributed by atoms with Crippen molar-refractivity contribution in [1.29, 1.82) is 0 Å². The molecule has 2 rings (SSSR count). The molecule has 1 aromatic rings. The van der Waals surface area contributed by atoms with Crippen LogP contribution in [0.15, 0.2) is 29.3 Å². The van der Waals surface area contributed by atoms with E-state index in [0.717, 1.165) is 36.3 Å². The van der Waals surface area contributed by atoms with Crippen molar-refractivity contribution >= 4 is 29.9 Å². The zero-order valence-electron chi connectivity index (χ0n) is 16.5. The molecule has 1 fully saturated rings. The number of methoxy groups -OCH3 is 1. The highest BCUT2D eigenvalue weighted by Crippen LogP contribution is 2.16. The maximum Gasteiger partial charge on any atom is 0.191 e. The van der Waals surface area contributed by atoms with Gasteiger partial charge in [-0.25, -0.2) is 4.99 Å². The lowest BCUT2D eigenvalue weighted by atomic mass is 9.97. The molecule has 148 valence electrons. The quantitative estimate of drug-likeness (QED) is 0.344. The van der Waals surface area contributed by atoms with Crippen LogP contribution >= 0.6 is 24.0 Å². The SMILES string of the molecule is CCCN1CCC(CNC(=NCc2cccc(OC)c2)NCC)CC1.I. The van der Waals surface area contributed by atoms with Gasteiger partial charge in [0.15, 0.2) is 5.96 Å². The summed E-state index contributed by atoms with van der Waals surface area (Å²) < 4.78 is 5.28. The van der Waals surface area contributed by atoms with Crippen molar-refractivity contribution in [3.05, 3.63) is 29.8 Å². The molecular formula is C20H35IN4O. The first-order valence-corrected chi connectivity index (χ1v) is 9.62. The normalized spacial score (nSPS) is 16.0. The number of piperidine rings is 1. The highest BCUT2D eigenvalue weighted by Gasteiger charge is 2.18. The lowest BCUT2D eigenvalue weighted by Crippen LogP contribution is -2.43. The highest BCUT2D eigenvalue weighted by molar-refractivity contribution is 14.0. The van der Waals surface area contributed by atoms with Crippen LogP contribution in [0.2, 0.25) is 0 Å². The van der Waals surface area contributed by atoms with E-state index in [1.165, 1.54) is 38.9 Å². The molecule has 1 aromatic carbocycles. The Balaban J connectivity index is 0.00000338. The average molecular weight is 474 g/mol. The maximum absolute atomic E-state index is 5.28. The van der Waals surface area contributed by atoms with Crippen LogP contribution in [0, 0.1) is 5.92 Å². The summed E-state index contributed by atoms with van der Waals surface area (Å²) in [5, 5.41) is 6.87. The van der Waals surface area contributed by atoms with Gasteiger partial charge in [-0.2, -0.15) is 0 Å². The minimum Gasteiger partial charge on any atom is -0.497 e. The molecule has 0 radical (unpaired) electrons. The second kappa shape index (κ2) is 13.2. The minimum atomic E-state index is 0. The Morgan fingerprint density at radius 3 is 2.65 bits per heavy atom. The third-order valence-electron chi connectivity index (χ3n) is 4.70. The van der Waals surface area contributed by atoms with Crippen LogP contribution in [-0.4, -0.2) is 50.7 Å². The molecule has 0 aliphatic carbocycles. The van der Waals surface area contributed by atoms with Gasteiger partial charge in [0, 0.05) is 13.1 Å². The maximum atomic E-state index is 5.28. The molecule has 0 amide bonds. The molecule has 0 atom stereocenters. The van der Waals surface area contributed by atoms with E-state index in [1.807, 2.05) is 18.2 Å². The smallest absolute Gasteiger partial charge is 0.191 e. The van der Waals surface area contributed by atoms with Gasteiger partial charge in [0.25, 0.3) is 0 Å². The summed E-state index contributed by atoms with van der Waals surface area (Å²) in [5.41, 5.74) is 1.16. The highest BCUT2D eigenvalue weighted by atomic mass is 127. The predicted molar refractivity (Wildman–Crippen MR) is 121 cm³/mol. The van der Waals surface area contributed by atoms with Crippen LogP contribution in [0.1, 0.15) is 38.7 Å². The van der Waals surface area contributed by atoms with Gasteiger partial charge < -0.3 is 20.3 Å². The zero-order valence-corrected chi connectivity index (χ0v) is 18.8. The lowest BCUT2D eigenvalue weighted by molar-refractivity contribution is 0.185. The van der Waals surface area contributed by atoms with Crippen LogP contribution < -0.4 is 15.4 Å². The van der Waals surface area contributed by atoms with Crippen LogP contribution in [-0.2, 0) is 6.54 Å². The van der Waals surface area contributed by atoms with E-state index in [9.17, 15) is 0 Å². The van der Waals surface area contributed by atoms with E-state index in [2.05, 4.69) is 35.4 Å². The molecule has 6 heteroatoms. The summed E-state index contributed by atoms with van der Waals surface area (Å²) in [6, 6.07) is 8.09. The monoisotopic (exact) mass is 474 g/mol. The molecule has 0 aromatic heterocycles. The average Bonchev–Trinajstić information content (AvgIpc) is 2.65. The van der Waals surface area contributed by atoms with E-state index >= 15 is 0 Å². The molecule has 2 N–H and O–H groups in total. The molecule has 26 heavy (non-hydrogen) atoms. The number of halogens is 1. The van der Waals surface area contributed by atoms with Gasteiger partial charge in [-0.1, -0.05) is 19.1 Å². The standard InChI is InChI=1S/C20H34N4O.HI/c1-4-11-24-12-9-17(10-13-24)15-22-20(21-5-2)23-16-18-7-6-8-19(14-18)25-3;/h6-8,14,17H,4-5,9-13,15-16H2,1-3H3,(H2,21,22,23);1H. The molecule has 1 heterocycles. The van der Waals surface area contributed by atoms with E-state index < -0.39 is 0 Å². The second-order valence-corrected chi connectivity index (χ2v) is 6.71. The van der Waals surface area contributed by atoms with Crippen LogP contribution in [0.25, 0.3) is 0 Å². The number of hydrogen-bond acceptors (Lipinski definition) is 3. The number of ether oxygens (including phenoxy) is 1. The van der Waals surface area contributed by atoms with E-state index in [4.69, 9.17) is 9.73 Å². The van der Waals surface area contributed by atoms with Crippen molar-refractivity contribution in [2.45, 2.75) is 39.7 Å². The van der Waals surface area contributed by atoms with Gasteiger partial charge in [-0.3, -0.25) is 0 Å². The van der Waals surface area contributed by atoms with Gasteiger partial charge in [0.1, 0.15) is 5.75 Å². The summed E-state index contributed by atoms with van der Waals surface area (Å²) in [7, 11) is 1.69. The first-order chi connectivity index (χ1) is 12.2. The summed E-state index contributed by atoms with van der Waals surface area (Å²) in [5.74, 6) is 2.53. The molecular weight excluding hydrogens is 439 g/mol. The Morgan fingerprint density at radius 2 is 2.00 bits per heavy atom. The van der Waals surface area contributed by atoms with E-state index in [0.29, 0.717) is 6.54 Å². The number of hydrogen-bond donors (Lipinski definition) is 2. The number of benzene rings is 1. The number of likely N-dealkylation sites (tertiary alicyclic amines) is 1. The molecule has 0 saturated carbocycles. The van der Waals surface area contributed by atoms with Crippen molar-refractivity contribution in [2.24, 2.45) is 10.9 Å².